The minimum atomic E-state index is -1.63. The molecule has 1 amide bonds. The van der Waals surface area contributed by atoms with Crippen molar-refractivity contribution in [1.82, 2.24) is 14.5 Å². The molecule has 0 bridgehead atoms. The van der Waals surface area contributed by atoms with Crippen molar-refractivity contribution in [3.05, 3.63) is 33.1 Å². The second kappa shape index (κ2) is 17.6. The minimum absolute atomic E-state index is 0.123. The van der Waals surface area contributed by atoms with Crippen molar-refractivity contribution in [1.29, 1.82) is 0 Å². The number of aromatic nitrogens is 2. The lowest BCUT2D eigenvalue weighted by Gasteiger charge is -2.28. The number of unbranched alkanes of at least 4 members (excludes halogenated alkanes) is 12. The fourth-order valence-corrected chi connectivity index (χ4v) is 6.08. The summed E-state index contributed by atoms with van der Waals surface area (Å²) >= 11 is 0. The number of hydrogen-bond acceptors (Lipinski definition) is 9. The Morgan fingerprint density at radius 3 is 2.00 bits per heavy atom. The van der Waals surface area contributed by atoms with Gasteiger partial charge in [-0.25, -0.2) is 9.59 Å². The van der Waals surface area contributed by atoms with Crippen molar-refractivity contribution in [2.75, 3.05) is 6.54 Å². The summed E-state index contributed by atoms with van der Waals surface area (Å²) < 4.78 is 12.6. The fraction of sp³-hybridized carbons (Fsp3) is 0.800. The van der Waals surface area contributed by atoms with Crippen LogP contribution in [-0.4, -0.2) is 84.9 Å². The number of aliphatic hydroxyl groups excluding tert-OH is 2. The monoisotopic (exact) mass is 610 g/mol. The largest absolute Gasteiger partial charge is 0.480 e. The Morgan fingerprint density at radius 1 is 0.884 bits per heavy atom. The Bertz CT molecular complexity index is 1130. The molecule has 6 N–H and O–H groups in total. The van der Waals surface area contributed by atoms with Gasteiger partial charge < -0.3 is 35.4 Å². The number of amides is 1. The van der Waals surface area contributed by atoms with Gasteiger partial charge in [-0.2, -0.15) is 0 Å². The van der Waals surface area contributed by atoms with E-state index < -0.39 is 66.0 Å². The van der Waals surface area contributed by atoms with Gasteiger partial charge in [-0.3, -0.25) is 19.1 Å². The molecule has 0 spiro atoms. The zero-order valence-electron chi connectivity index (χ0n) is 25.3. The maximum absolute atomic E-state index is 13.3. The molecule has 7 atom stereocenters. The first-order valence-corrected chi connectivity index (χ1v) is 15.9. The Kier molecular flexibility index (Phi) is 14.3. The minimum Gasteiger partial charge on any atom is -0.480 e. The van der Waals surface area contributed by atoms with Crippen LogP contribution in [0.15, 0.2) is 21.9 Å². The third kappa shape index (κ3) is 9.45. The molecule has 0 radical (unpaired) electrons. The van der Waals surface area contributed by atoms with E-state index in [4.69, 9.17) is 15.2 Å². The average molecular weight is 611 g/mol. The maximum atomic E-state index is 13.3. The molecule has 2 saturated heterocycles. The van der Waals surface area contributed by atoms with Crippen LogP contribution in [0.4, 0.5) is 0 Å². The number of aliphatic hydroxyl groups is 2. The van der Waals surface area contributed by atoms with Crippen molar-refractivity contribution in [2.24, 2.45) is 5.73 Å². The zero-order valence-corrected chi connectivity index (χ0v) is 25.3. The highest BCUT2D eigenvalue weighted by molar-refractivity contribution is 5.85. The Labute approximate surface area is 252 Å². The smallest absolute Gasteiger partial charge is 0.330 e. The number of nitrogens with one attached hydrogen (secondary N) is 1. The molecule has 3 heterocycles. The number of carbonyl (C=O) groups is 2. The third-order valence-corrected chi connectivity index (χ3v) is 8.41. The molecule has 13 nitrogen and oxygen atoms in total. The molecule has 2 aliphatic heterocycles. The summed E-state index contributed by atoms with van der Waals surface area (Å²) in [6.07, 6.45) is 8.16. The van der Waals surface area contributed by atoms with E-state index in [1.54, 1.807) is 0 Å². The number of rotatable bonds is 19. The summed E-state index contributed by atoms with van der Waals surface area (Å²) in [7, 11) is 0. The fourth-order valence-electron chi connectivity index (χ4n) is 6.08. The summed E-state index contributed by atoms with van der Waals surface area (Å²) in [5.74, 6) is -1.74. The van der Waals surface area contributed by atoms with E-state index in [-0.39, 0.29) is 19.4 Å². The van der Waals surface area contributed by atoms with Gasteiger partial charge in [0.25, 0.3) is 5.56 Å². The first-order valence-electron chi connectivity index (χ1n) is 15.9. The Morgan fingerprint density at radius 2 is 1.47 bits per heavy atom. The van der Waals surface area contributed by atoms with E-state index in [1.807, 2.05) is 4.98 Å². The number of ether oxygens (including phenoxy) is 2. The molecule has 0 saturated carbocycles. The second-order valence-electron chi connectivity index (χ2n) is 11.7. The number of carbonyl (C=O) groups excluding carboxylic acids is 1. The van der Waals surface area contributed by atoms with Gasteiger partial charge in [0.1, 0.15) is 30.6 Å². The van der Waals surface area contributed by atoms with Gasteiger partial charge in [-0.05, 0) is 13.0 Å². The second-order valence-corrected chi connectivity index (χ2v) is 11.7. The average Bonchev–Trinajstić information content (AvgIpc) is 3.48. The van der Waals surface area contributed by atoms with Crippen LogP contribution in [0.1, 0.15) is 109 Å². The number of carboxylic acids is 1. The molecular formula is C30H50N4O9. The van der Waals surface area contributed by atoms with E-state index in [0.717, 1.165) is 36.1 Å². The molecule has 2 aliphatic rings. The highest BCUT2D eigenvalue weighted by Gasteiger charge is 2.57. The van der Waals surface area contributed by atoms with E-state index in [0.29, 0.717) is 6.42 Å². The molecule has 43 heavy (non-hydrogen) atoms. The highest BCUT2D eigenvalue weighted by Crippen LogP contribution is 2.38. The molecule has 1 aromatic heterocycles. The molecular weight excluding hydrogens is 560 g/mol. The topological polar surface area (TPSA) is 197 Å². The summed E-state index contributed by atoms with van der Waals surface area (Å²) in [5, 5.41) is 31.6. The lowest BCUT2D eigenvalue weighted by atomic mass is 9.99. The van der Waals surface area contributed by atoms with Crippen LogP contribution in [-0.2, 0) is 19.1 Å². The molecule has 3 rings (SSSR count). The lowest BCUT2D eigenvalue weighted by Crippen LogP contribution is -2.52. The standard InChI is InChI=1S/C30H50N4O9/c1-2-3-4-5-6-7-8-9-10-11-12-13-14-15-21(36)34-22(16-18-31)42-26(23(34)29(39)40)27-24(37)25(38)28(43-27)33-19-17-20(35)32-30(33)41/h17,19,22-28,37-38H,2-16,18,31H2,1H3,(H,39,40)(H,32,35,41)/t22?,23-,24-,25+,26-,27-,28+/m0/s1. The van der Waals surface area contributed by atoms with Gasteiger partial charge >= 0.3 is 11.7 Å². The first-order chi connectivity index (χ1) is 20.7. The van der Waals surface area contributed by atoms with Crippen molar-refractivity contribution < 1.29 is 34.4 Å². The number of hydrogen-bond donors (Lipinski definition) is 5. The zero-order chi connectivity index (χ0) is 31.4. The van der Waals surface area contributed by atoms with Gasteiger partial charge in [0.05, 0.1) is 0 Å². The van der Waals surface area contributed by atoms with Crippen LogP contribution in [0.3, 0.4) is 0 Å². The summed E-state index contributed by atoms with van der Waals surface area (Å²) in [5.41, 5.74) is 4.21. The van der Waals surface area contributed by atoms with Crippen molar-refractivity contribution in [3.8, 4) is 0 Å². The molecule has 13 heteroatoms. The van der Waals surface area contributed by atoms with Gasteiger partial charge in [-0.1, -0.05) is 84.0 Å². The van der Waals surface area contributed by atoms with E-state index in [2.05, 4.69) is 6.92 Å². The van der Waals surface area contributed by atoms with E-state index in [9.17, 15) is 34.5 Å². The number of nitrogens with zero attached hydrogens (tertiary/aromatic N) is 2. The predicted octanol–water partition coefficient (Wildman–Crippen LogP) is 1.99. The molecule has 2 fully saturated rings. The molecule has 1 unspecified atom stereocenters. The van der Waals surface area contributed by atoms with E-state index in [1.165, 1.54) is 62.7 Å². The normalized spacial score (nSPS) is 27.2. The van der Waals surface area contributed by atoms with E-state index >= 15 is 0 Å². The Hall–Kier alpha value is -2.58. The van der Waals surface area contributed by atoms with Crippen molar-refractivity contribution in [3.63, 3.8) is 0 Å². The van der Waals surface area contributed by atoms with Crippen LogP contribution < -0.4 is 17.0 Å². The quantitative estimate of drug-likeness (QED) is 0.144. The number of aromatic amines is 1. The summed E-state index contributed by atoms with van der Waals surface area (Å²) in [4.78, 5) is 52.7. The number of H-pyrrole nitrogens is 1. The van der Waals surface area contributed by atoms with Crippen molar-refractivity contribution in [2.45, 2.75) is 146 Å². The highest BCUT2D eigenvalue weighted by atomic mass is 16.6. The SMILES string of the molecule is CCCCCCCCCCCCCCCC(=O)N1C(CCN)O[C@H]([C@H]2O[C@@H](n3ccc(=O)[nH]c3=O)[C@H](O)[C@@H]2O)[C@H]1C(=O)O. The number of aliphatic carboxylic acids is 1. The first kappa shape index (κ1) is 34.9. The summed E-state index contributed by atoms with van der Waals surface area (Å²) in [6.45, 7) is 2.35. The van der Waals surface area contributed by atoms with Crippen LogP contribution in [0.5, 0.6) is 0 Å². The van der Waals surface area contributed by atoms with Gasteiger partial charge in [0, 0.05) is 25.1 Å². The summed E-state index contributed by atoms with van der Waals surface area (Å²) in [6, 6.07) is -0.443. The van der Waals surface area contributed by atoms with Gasteiger partial charge in [-0.15, -0.1) is 0 Å². The van der Waals surface area contributed by atoms with Crippen LogP contribution >= 0.6 is 0 Å². The predicted molar refractivity (Wildman–Crippen MR) is 158 cm³/mol. The molecule has 1 aromatic rings. The molecule has 0 aromatic carbocycles. The number of carboxylic acid groups (broad SMARTS) is 1. The van der Waals surface area contributed by atoms with Crippen LogP contribution in [0.2, 0.25) is 0 Å². The van der Waals surface area contributed by atoms with Gasteiger partial charge in [0.2, 0.25) is 5.91 Å². The number of nitrogens with two attached hydrogens (primary N) is 1. The Balaban J connectivity index is 1.53. The maximum Gasteiger partial charge on any atom is 0.330 e. The lowest BCUT2D eigenvalue weighted by molar-refractivity contribution is -0.152. The molecule has 244 valence electrons. The van der Waals surface area contributed by atoms with Crippen LogP contribution in [0, 0.1) is 0 Å². The van der Waals surface area contributed by atoms with Gasteiger partial charge in [0.15, 0.2) is 12.3 Å². The van der Waals surface area contributed by atoms with Crippen molar-refractivity contribution >= 4 is 11.9 Å². The molecule has 0 aliphatic carbocycles. The van der Waals surface area contributed by atoms with Crippen LogP contribution in [0.25, 0.3) is 0 Å². The third-order valence-electron chi connectivity index (χ3n) is 8.41.